The highest BCUT2D eigenvalue weighted by molar-refractivity contribution is 5.73. The molecule has 80 valence electrons. The summed E-state index contributed by atoms with van der Waals surface area (Å²) in [7, 11) is 1.23. The van der Waals surface area contributed by atoms with Crippen molar-refractivity contribution < 1.29 is 28.9 Å². The molecule has 0 aromatic rings. The van der Waals surface area contributed by atoms with Crippen molar-refractivity contribution in [3.8, 4) is 0 Å². The summed E-state index contributed by atoms with van der Waals surface area (Å²) in [5, 5.41) is 8.61. The predicted octanol–water partition coefficient (Wildman–Crippen LogP) is -0.233. The van der Waals surface area contributed by atoms with E-state index in [9.17, 15) is 9.59 Å². The zero-order valence-corrected chi connectivity index (χ0v) is 7.82. The van der Waals surface area contributed by atoms with Crippen molar-refractivity contribution in [2.24, 2.45) is 0 Å². The van der Waals surface area contributed by atoms with E-state index >= 15 is 0 Å². The standard InChI is InChI=1S/C8H12O6/c1-12-7(11)5-8(4-6(9)10)13-2-3-14-8/h2-5H2,1H3,(H,9,10). The quantitative estimate of drug-likeness (QED) is 0.637. The minimum absolute atomic E-state index is 0.199. The number of carboxylic acids is 1. The summed E-state index contributed by atoms with van der Waals surface area (Å²) < 4.78 is 14.7. The zero-order valence-electron chi connectivity index (χ0n) is 7.82. The number of rotatable bonds is 4. The van der Waals surface area contributed by atoms with E-state index in [4.69, 9.17) is 14.6 Å². The van der Waals surface area contributed by atoms with Crippen LogP contribution in [0.15, 0.2) is 0 Å². The smallest absolute Gasteiger partial charge is 0.311 e. The molecule has 0 aliphatic carbocycles. The lowest BCUT2D eigenvalue weighted by Crippen LogP contribution is -2.36. The van der Waals surface area contributed by atoms with Gasteiger partial charge in [0.25, 0.3) is 0 Å². The summed E-state index contributed by atoms with van der Waals surface area (Å²) in [6.07, 6.45) is -0.558. The fourth-order valence-corrected chi connectivity index (χ4v) is 1.29. The topological polar surface area (TPSA) is 82.1 Å². The number of carbonyl (C=O) groups excluding carboxylic acids is 1. The summed E-state index contributed by atoms with van der Waals surface area (Å²) in [5.41, 5.74) is 0. The van der Waals surface area contributed by atoms with Crippen LogP contribution in [0.1, 0.15) is 12.8 Å². The molecule has 0 radical (unpaired) electrons. The molecule has 0 aromatic heterocycles. The van der Waals surface area contributed by atoms with Crippen LogP contribution in [-0.2, 0) is 23.8 Å². The molecule has 0 spiro atoms. The number of carbonyl (C=O) groups is 2. The highest BCUT2D eigenvalue weighted by Crippen LogP contribution is 2.27. The van der Waals surface area contributed by atoms with Gasteiger partial charge in [0.05, 0.1) is 26.7 Å². The van der Waals surface area contributed by atoms with Gasteiger partial charge in [0.2, 0.25) is 0 Å². The molecule has 0 saturated carbocycles. The van der Waals surface area contributed by atoms with Gasteiger partial charge in [-0.05, 0) is 0 Å². The maximum Gasteiger partial charge on any atom is 0.311 e. The predicted molar refractivity (Wildman–Crippen MR) is 43.5 cm³/mol. The summed E-state index contributed by atoms with van der Waals surface area (Å²) in [6.45, 7) is 0.592. The van der Waals surface area contributed by atoms with Gasteiger partial charge in [0.15, 0.2) is 5.79 Å². The normalized spacial score (nSPS) is 19.2. The van der Waals surface area contributed by atoms with Crippen LogP contribution in [0.2, 0.25) is 0 Å². The van der Waals surface area contributed by atoms with Gasteiger partial charge in [0.1, 0.15) is 6.42 Å². The van der Waals surface area contributed by atoms with E-state index in [2.05, 4.69) is 4.74 Å². The Labute approximate surface area is 80.7 Å². The Morgan fingerprint density at radius 3 is 2.36 bits per heavy atom. The Morgan fingerprint density at radius 2 is 1.93 bits per heavy atom. The molecule has 0 atom stereocenters. The van der Waals surface area contributed by atoms with Crippen molar-refractivity contribution in [3.05, 3.63) is 0 Å². The second-order valence-electron chi connectivity index (χ2n) is 2.93. The molecule has 14 heavy (non-hydrogen) atoms. The van der Waals surface area contributed by atoms with Gasteiger partial charge in [-0.1, -0.05) is 0 Å². The van der Waals surface area contributed by atoms with Crippen molar-refractivity contribution in [2.75, 3.05) is 20.3 Å². The highest BCUT2D eigenvalue weighted by Gasteiger charge is 2.41. The summed E-state index contributed by atoms with van der Waals surface area (Å²) in [6, 6.07) is 0. The lowest BCUT2D eigenvalue weighted by atomic mass is 10.1. The van der Waals surface area contributed by atoms with E-state index in [0.717, 1.165) is 0 Å². The first kappa shape index (κ1) is 10.9. The number of aliphatic carboxylic acids is 1. The fraction of sp³-hybridized carbons (Fsp3) is 0.750. The van der Waals surface area contributed by atoms with Gasteiger partial charge >= 0.3 is 11.9 Å². The third-order valence-corrected chi connectivity index (χ3v) is 1.88. The van der Waals surface area contributed by atoms with Gasteiger partial charge < -0.3 is 19.3 Å². The molecule has 1 aliphatic heterocycles. The van der Waals surface area contributed by atoms with E-state index < -0.39 is 17.7 Å². The van der Waals surface area contributed by atoms with E-state index in [0.29, 0.717) is 13.2 Å². The number of methoxy groups -OCH3 is 1. The number of esters is 1. The van der Waals surface area contributed by atoms with Crippen molar-refractivity contribution in [3.63, 3.8) is 0 Å². The van der Waals surface area contributed by atoms with Gasteiger partial charge in [-0.15, -0.1) is 0 Å². The van der Waals surface area contributed by atoms with Gasteiger partial charge in [-0.25, -0.2) is 0 Å². The van der Waals surface area contributed by atoms with Crippen LogP contribution in [0.5, 0.6) is 0 Å². The first-order valence-electron chi connectivity index (χ1n) is 4.14. The molecular formula is C8H12O6. The molecular weight excluding hydrogens is 192 g/mol. The van der Waals surface area contributed by atoms with Crippen LogP contribution < -0.4 is 0 Å². The van der Waals surface area contributed by atoms with Crippen LogP contribution in [-0.4, -0.2) is 43.2 Å². The minimum atomic E-state index is -1.33. The summed E-state index contributed by atoms with van der Waals surface area (Å²) in [4.78, 5) is 21.5. The van der Waals surface area contributed by atoms with E-state index in [-0.39, 0.29) is 12.8 Å². The Balaban J connectivity index is 2.61. The fourth-order valence-electron chi connectivity index (χ4n) is 1.29. The van der Waals surface area contributed by atoms with E-state index in [1.807, 2.05) is 0 Å². The van der Waals surface area contributed by atoms with Gasteiger partial charge in [-0.3, -0.25) is 9.59 Å². The second kappa shape index (κ2) is 4.39. The number of carboxylic acid groups (broad SMARTS) is 1. The molecule has 6 heteroatoms. The monoisotopic (exact) mass is 204 g/mol. The first-order chi connectivity index (χ1) is 6.58. The number of hydrogen-bond donors (Lipinski definition) is 1. The Morgan fingerprint density at radius 1 is 1.36 bits per heavy atom. The molecule has 1 saturated heterocycles. The Kier molecular flexibility index (Phi) is 3.43. The number of hydrogen-bond acceptors (Lipinski definition) is 5. The molecule has 1 fully saturated rings. The molecule has 0 amide bonds. The average molecular weight is 204 g/mol. The number of ether oxygens (including phenoxy) is 3. The van der Waals surface area contributed by atoms with Crippen LogP contribution in [0.3, 0.4) is 0 Å². The SMILES string of the molecule is COC(=O)CC1(CC(=O)O)OCCO1. The molecule has 1 N–H and O–H groups in total. The van der Waals surface area contributed by atoms with Crippen molar-refractivity contribution in [1.29, 1.82) is 0 Å². The molecule has 1 heterocycles. The Hall–Kier alpha value is -1.14. The molecule has 6 nitrogen and oxygen atoms in total. The van der Waals surface area contributed by atoms with Gasteiger partial charge in [0, 0.05) is 0 Å². The Bertz CT molecular complexity index is 230. The maximum atomic E-state index is 11.0. The lowest BCUT2D eigenvalue weighted by Gasteiger charge is -2.23. The zero-order chi connectivity index (χ0) is 10.6. The van der Waals surface area contributed by atoms with Gasteiger partial charge in [-0.2, -0.15) is 0 Å². The summed E-state index contributed by atoms with van der Waals surface area (Å²) in [5.74, 6) is -2.96. The van der Waals surface area contributed by atoms with E-state index in [1.54, 1.807) is 0 Å². The van der Waals surface area contributed by atoms with Crippen LogP contribution in [0.4, 0.5) is 0 Å². The largest absolute Gasteiger partial charge is 0.481 e. The maximum absolute atomic E-state index is 11.0. The van der Waals surface area contributed by atoms with Crippen LogP contribution >= 0.6 is 0 Å². The average Bonchev–Trinajstić information content (AvgIpc) is 2.51. The first-order valence-corrected chi connectivity index (χ1v) is 4.14. The minimum Gasteiger partial charge on any atom is -0.481 e. The third kappa shape index (κ3) is 2.68. The van der Waals surface area contributed by atoms with Crippen molar-refractivity contribution in [2.45, 2.75) is 18.6 Å². The van der Waals surface area contributed by atoms with Crippen LogP contribution in [0, 0.1) is 0 Å². The second-order valence-corrected chi connectivity index (χ2v) is 2.93. The molecule has 0 bridgehead atoms. The molecule has 0 aromatic carbocycles. The lowest BCUT2D eigenvalue weighted by molar-refractivity contribution is -0.190. The van der Waals surface area contributed by atoms with E-state index in [1.165, 1.54) is 7.11 Å². The molecule has 0 unspecified atom stereocenters. The summed E-state index contributed by atoms with van der Waals surface area (Å²) >= 11 is 0. The third-order valence-electron chi connectivity index (χ3n) is 1.88. The van der Waals surface area contributed by atoms with Crippen molar-refractivity contribution >= 4 is 11.9 Å². The highest BCUT2D eigenvalue weighted by atomic mass is 16.7. The molecule has 1 aliphatic rings. The van der Waals surface area contributed by atoms with Crippen LogP contribution in [0.25, 0.3) is 0 Å². The van der Waals surface area contributed by atoms with Crippen molar-refractivity contribution in [1.82, 2.24) is 0 Å². The molecule has 1 rings (SSSR count).